The number of benzene rings is 2. The second-order valence-electron chi connectivity index (χ2n) is 5.14. The Labute approximate surface area is 140 Å². The first-order valence-electron chi connectivity index (χ1n) is 7.70. The third-order valence-electron chi connectivity index (χ3n) is 3.45. The lowest BCUT2D eigenvalue weighted by molar-refractivity contribution is 0.103. The Hall–Kier alpha value is -1.61. The van der Waals surface area contributed by atoms with Crippen molar-refractivity contribution in [3.05, 3.63) is 65.7 Å². The molecule has 2 aromatic rings. The van der Waals surface area contributed by atoms with Gasteiger partial charge in [0, 0.05) is 10.9 Å². The van der Waals surface area contributed by atoms with Crippen LogP contribution in [-0.4, -0.2) is 17.7 Å². The Kier molecular flexibility index (Phi) is 7.17. The van der Waals surface area contributed by atoms with Gasteiger partial charge in [-0.25, -0.2) is 0 Å². The molecular formula is C19H21BrO2. The average Bonchev–Trinajstić information content (AvgIpc) is 2.58. The molecule has 2 nitrogen and oxygen atoms in total. The first-order valence-corrected chi connectivity index (χ1v) is 8.82. The zero-order chi connectivity index (χ0) is 15.6. The molecule has 0 fully saturated rings. The van der Waals surface area contributed by atoms with Crippen LogP contribution in [0.3, 0.4) is 0 Å². The number of hydrogen-bond acceptors (Lipinski definition) is 2. The van der Waals surface area contributed by atoms with E-state index in [9.17, 15) is 4.79 Å². The number of ether oxygens (including phenoxy) is 1. The highest BCUT2D eigenvalue weighted by molar-refractivity contribution is 9.09. The molecule has 3 heteroatoms. The van der Waals surface area contributed by atoms with E-state index in [2.05, 4.69) is 15.9 Å². The Bertz CT molecular complexity index is 581. The average molecular weight is 361 g/mol. The maximum absolute atomic E-state index is 12.6. The standard InChI is InChI=1S/C19H21BrO2/c20-14-8-1-2-9-15-22-18-13-7-6-12-17(18)19(21)16-10-4-3-5-11-16/h3-7,10-13H,1-2,8-9,14-15H2. The smallest absolute Gasteiger partial charge is 0.196 e. The molecule has 2 rings (SSSR count). The minimum Gasteiger partial charge on any atom is -0.493 e. The Morgan fingerprint density at radius 1 is 0.864 bits per heavy atom. The van der Waals surface area contributed by atoms with Gasteiger partial charge in [-0.05, 0) is 25.0 Å². The highest BCUT2D eigenvalue weighted by atomic mass is 79.9. The maximum Gasteiger partial charge on any atom is 0.196 e. The quantitative estimate of drug-likeness (QED) is 0.346. The number of unbranched alkanes of at least 4 members (excludes halogenated alkanes) is 3. The molecule has 0 amide bonds. The van der Waals surface area contributed by atoms with Gasteiger partial charge in [0.1, 0.15) is 5.75 Å². The lowest BCUT2D eigenvalue weighted by atomic mass is 10.0. The van der Waals surface area contributed by atoms with Crippen LogP contribution in [0.2, 0.25) is 0 Å². The number of carbonyl (C=O) groups is 1. The molecule has 0 spiro atoms. The molecule has 22 heavy (non-hydrogen) atoms. The number of rotatable bonds is 9. The van der Waals surface area contributed by atoms with E-state index in [1.165, 1.54) is 12.8 Å². The third-order valence-corrected chi connectivity index (χ3v) is 4.01. The van der Waals surface area contributed by atoms with Crippen LogP contribution in [0.25, 0.3) is 0 Å². The molecule has 0 aliphatic heterocycles. The highest BCUT2D eigenvalue weighted by Gasteiger charge is 2.13. The van der Waals surface area contributed by atoms with Crippen molar-refractivity contribution in [3.8, 4) is 5.75 Å². The molecule has 0 heterocycles. The lowest BCUT2D eigenvalue weighted by Crippen LogP contribution is -2.06. The number of ketones is 1. The highest BCUT2D eigenvalue weighted by Crippen LogP contribution is 2.22. The largest absolute Gasteiger partial charge is 0.493 e. The molecule has 0 aromatic heterocycles. The molecule has 0 atom stereocenters. The summed E-state index contributed by atoms with van der Waals surface area (Å²) in [6.45, 7) is 0.654. The molecule has 0 saturated heterocycles. The van der Waals surface area contributed by atoms with Gasteiger partial charge in [-0.3, -0.25) is 4.79 Å². The van der Waals surface area contributed by atoms with Gasteiger partial charge in [0.25, 0.3) is 0 Å². The molecule has 0 unspecified atom stereocenters. The number of hydrogen-bond donors (Lipinski definition) is 0. The van der Waals surface area contributed by atoms with Crippen molar-refractivity contribution in [2.45, 2.75) is 25.7 Å². The number of para-hydroxylation sites is 1. The van der Waals surface area contributed by atoms with Crippen molar-refractivity contribution in [1.82, 2.24) is 0 Å². The van der Waals surface area contributed by atoms with E-state index >= 15 is 0 Å². The molecule has 0 radical (unpaired) electrons. The number of carbonyl (C=O) groups excluding carboxylic acids is 1. The fraction of sp³-hybridized carbons (Fsp3) is 0.316. The van der Waals surface area contributed by atoms with E-state index in [1.807, 2.05) is 54.6 Å². The summed E-state index contributed by atoms with van der Waals surface area (Å²) >= 11 is 3.43. The normalized spacial score (nSPS) is 10.4. The molecule has 116 valence electrons. The monoisotopic (exact) mass is 360 g/mol. The van der Waals surface area contributed by atoms with E-state index in [4.69, 9.17) is 4.74 Å². The summed E-state index contributed by atoms with van der Waals surface area (Å²) in [7, 11) is 0. The van der Waals surface area contributed by atoms with Gasteiger partial charge < -0.3 is 4.74 Å². The second kappa shape index (κ2) is 9.42. The van der Waals surface area contributed by atoms with Crippen molar-refractivity contribution in [3.63, 3.8) is 0 Å². The van der Waals surface area contributed by atoms with Crippen LogP contribution in [-0.2, 0) is 0 Å². The van der Waals surface area contributed by atoms with Crippen molar-refractivity contribution in [2.75, 3.05) is 11.9 Å². The molecule has 0 aliphatic rings. The topological polar surface area (TPSA) is 26.3 Å². The van der Waals surface area contributed by atoms with Crippen LogP contribution < -0.4 is 4.74 Å². The molecule has 0 saturated carbocycles. The summed E-state index contributed by atoms with van der Waals surface area (Å²) in [6, 6.07) is 16.8. The van der Waals surface area contributed by atoms with Crippen molar-refractivity contribution >= 4 is 21.7 Å². The van der Waals surface area contributed by atoms with Gasteiger partial charge in [-0.2, -0.15) is 0 Å². The van der Waals surface area contributed by atoms with Crippen LogP contribution in [0.1, 0.15) is 41.6 Å². The number of alkyl halides is 1. The zero-order valence-corrected chi connectivity index (χ0v) is 14.2. The van der Waals surface area contributed by atoms with Gasteiger partial charge in [-0.15, -0.1) is 0 Å². The minimum absolute atomic E-state index is 0.00971. The van der Waals surface area contributed by atoms with Crippen LogP contribution in [0.4, 0.5) is 0 Å². The summed E-state index contributed by atoms with van der Waals surface area (Å²) in [6.07, 6.45) is 4.57. The van der Waals surface area contributed by atoms with Gasteiger partial charge >= 0.3 is 0 Å². The van der Waals surface area contributed by atoms with Gasteiger partial charge in [0.2, 0.25) is 0 Å². The Morgan fingerprint density at radius 2 is 1.55 bits per heavy atom. The van der Waals surface area contributed by atoms with Gasteiger partial charge in [0.05, 0.1) is 12.2 Å². The van der Waals surface area contributed by atoms with Crippen LogP contribution >= 0.6 is 15.9 Å². The van der Waals surface area contributed by atoms with Crippen LogP contribution in [0, 0.1) is 0 Å². The Balaban J connectivity index is 1.97. The van der Waals surface area contributed by atoms with Crippen molar-refractivity contribution in [1.29, 1.82) is 0 Å². The molecule has 0 aliphatic carbocycles. The fourth-order valence-electron chi connectivity index (χ4n) is 2.26. The first-order chi connectivity index (χ1) is 10.8. The summed E-state index contributed by atoms with van der Waals surface area (Å²) in [5.74, 6) is 0.687. The van der Waals surface area contributed by atoms with Crippen LogP contribution in [0.5, 0.6) is 5.75 Å². The number of halogens is 1. The van der Waals surface area contributed by atoms with Gasteiger partial charge in [0.15, 0.2) is 5.78 Å². The van der Waals surface area contributed by atoms with E-state index in [1.54, 1.807) is 0 Å². The summed E-state index contributed by atoms with van der Waals surface area (Å²) < 4.78 is 5.83. The molecule has 0 N–H and O–H groups in total. The lowest BCUT2D eigenvalue weighted by Gasteiger charge is -2.10. The maximum atomic E-state index is 12.6. The minimum atomic E-state index is 0.00971. The van der Waals surface area contributed by atoms with Gasteiger partial charge in [-0.1, -0.05) is 71.2 Å². The zero-order valence-electron chi connectivity index (χ0n) is 12.6. The van der Waals surface area contributed by atoms with Crippen molar-refractivity contribution < 1.29 is 9.53 Å². The van der Waals surface area contributed by atoms with E-state index in [0.29, 0.717) is 23.5 Å². The van der Waals surface area contributed by atoms with E-state index < -0.39 is 0 Å². The van der Waals surface area contributed by atoms with Crippen LogP contribution in [0.15, 0.2) is 54.6 Å². The summed E-state index contributed by atoms with van der Waals surface area (Å²) in [5, 5.41) is 1.06. The fourth-order valence-corrected chi connectivity index (χ4v) is 2.65. The van der Waals surface area contributed by atoms with Crippen molar-refractivity contribution in [2.24, 2.45) is 0 Å². The Morgan fingerprint density at radius 3 is 2.32 bits per heavy atom. The molecular weight excluding hydrogens is 340 g/mol. The first kappa shape index (κ1) is 16.8. The summed E-state index contributed by atoms with van der Waals surface area (Å²) in [5.41, 5.74) is 1.32. The molecule has 0 bridgehead atoms. The molecule has 2 aromatic carbocycles. The SMILES string of the molecule is O=C(c1ccccc1)c1ccccc1OCCCCCCBr. The second-order valence-corrected chi connectivity index (χ2v) is 5.94. The van der Waals surface area contributed by atoms with E-state index in [0.717, 1.165) is 18.2 Å². The third kappa shape index (κ3) is 4.99. The summed E-state index contributed by atoms with van der Waals surface area (Å²) in [4.78, 5) is 12.6. The predicted octanol–water partition coefficient (Wildman–Crippen LogP) is 5.25. The predicted molar refractivity (Wildman–Crippen MR) is 94.1 cm³/mol. The van der Waals surface area contributed by atoms with E-state index in [-0.39, 0.29) is 5.78 Å².